The van der Waals surface area contributed by atoms with Gasteiger partial charge >= 0.3 is 0 Å². The van der Waals surface area contributed by atoms with Gasteiger partial charge in [0.25, 0.3) is 5.91 Å². The fourth-order valence-corrected chi connectivity index (χ4v) is 4.17. The lowest BCUT2D eigenvalue weighted by Gasteiger charge is -2.42. The molecular formula is C16H16ClFN2O3. The van der Waals surface area contributed by atoms with Gasteiger partial charge in [-0.3, -0.25) is 9.59 Å². The van der Waals surface area contributed by atoms with Gasteiger partial charge in [0.05, 0.1) is 24.6 Å². The van der Waals surface area contributed by atoms with E-state index >= 15 is 0 Å². The molecule has 1 spiro atoms. The predicted octanol–water partition coefficient (Wildman–Crippen LogP) is 2.04. The zero-order chi connectivity index (χ0) is 16.2. The smallest absolute Gasteiger partial charge is 0.257 e. The topological polar surface area (TPSA) is 49.9 Å². The highest BCUT2D eigenvalue weighted by molar-refractivity contribution is 6.30. The summed E-state index contributed by atoms with van der Waals surface area (Å²) in [6.45, 7) is 1.69. The van der Waals surface area contributed by atoms with Crippen LogP contribution in [-0.4, -0.2) is 53.1 Å². The van der Waals surface area contributed by atoms with Crippen LogP contribution in [0.3, 0.4) is 0 Å². The van der Waals surface area contributed by atoms with Crippen molar-refractivity contribution >= 4 is 23.4 Å². The minimum Gasteiger partial charge on any atom is -0.353 e. The molecule has 1 aromatic rings. The maximum Gasteiger partial charge on any atom is 0.257 e. The summed E-state index contributed by atoms with van der Waals surface area (Å²) in [6.07, 6.45) is 1.62. The number of rotatable bonds is 1. The third-order valence-electron chi connectivity index (χ3n) is 5.03. The van der Waals surface area contributed by atoms with Crippen molar-refractivity contribution in [2.45, 2.75) is 31.0 Å². The maximum atomic E-state index is 14.1. The van der Waals surface area contributed by atoms with Gasteiger partial charge in [-0.15, -0.1) is 0 Å². The van der Waals surface area contributed by atoms with Crippen LogP contribution in [0.25, 0.3) is 0 Å². The van der Waals surface area contributed by atoms with Crippen LogP contribution in [0.15, 0.2) is 18.2 Å². The Hall–Kier alpha value is -1.66. The Morgan fingerprint density at radius 1 is 1.39 bits per heavy atom. The molecule has 0 N–H and O–H groups in total. The molecule has 4 rings (SSSR count). The molecule has 2 amide bonds. The summed E-state index contributed by atoms with van der Waals surface area (Å²) in [5.41, 5.74) is -0.735. The lowest BCUT2D eigenvalue weighted by atomic mass is 10.0. The summed E-state index contributed by atoms with van der Waals surface area (Å²) in [6, 6.07) is 3.66. The molecule has 0 bridgehead atoms. The van der Waals surface area contributed by atoms with E-state index in [1.807, 2.05) is 0 Å². The second-order valence-electron chi connectivity index (χ2n) is 6.18. The predicted molar refractivity (Wildman–Crippen MR) is 80.5 cm³/mol. The van der Waals surface area contributed by atoms with Gasteiger partial charge in [-0.05, 0) is 24.6 Å². The number of carbonyl (C=O) groups is 2. The van der Waals surface area contributed by atoms with Gasteiger partial charge in [0, 0.05) is 24.5 Å². The van der Waals surface area contributed by atoms with Crippen LogP contribution in [0.2, 0.25) is 5.02 Å². The van der Waals surface area contributed by atoms with Gasteiger partial charge < -0.3 is 14.5 Å². The first-order valence-corrected chi connectivity index (χ1v) is 8.11. The van der Waals surface area contributed by atoms with Crippen molar-refractivity contribution in [1.29, 1.82) is 0 Å². The first kappa shape index (κ1) is 14.9. The van der Waals surface area contributed by atoms with Crippen molar-refractivity contribution in [1.82, 2.24) is 9.80 Å². The van der Waals surface area contributed by atoms with E-state index in [4.69, 9.17) is 16.3 Å². The van der Waals surface area contributed by atoms with Crippen molar-refractivity contribution < 1.29 is 18.7 Å². The van der Waals surface area contributed by atoms with Crippen molar-refractivity contribution in [3.63, 3.8) is 0 Å². The Morgan fingerprint density at radius 3 is 3.00 bits per heavy atom. The summed E-state index contributed by atoms with van der Waals surface area (Å²) < 4.78 is 20.0. The van der Waals surface area contributed by atoms with Crippen LogP contribution in [0, 0.1) is 5.82 Å². The average molecular weight is 339 g/mol. The standard InChI is InChI=1S/C16H16ClFN2O3/c17-10-2-3-11(12(18)8-10)15(22)19-6-4-16-13(19)9-14(21)20(16)5-1-7-23-16/h2-3,8,13H,1,4-7,9H2/t13-,16+/m1/s1. The highest BCUT2D eigenvalue weighted by atomic mass is 35.5. The van der Waals surface area contributed by atoms with E-state index in [9.17, 15) is 14.0 Å². The number of hydrogen-bond donors (Lipinski definition) is 0. The Bertz CT molecular complexity index is 698. The highest BCUT2D eigenvalue weighted by Crippen LogP contribution is 2.45. The van der Waals surface area contributed by atoms with Crippen LogP contribution in [0.4, 0.5) is 4.39 Å². The maximum absolute atomic E-state index is 14.1. The van der Waals surface area contributed by atoms with Crippen LogP contribution in [0.5, 0.6) is 0 Å². The average Bonchev–Trinajstić information content (AvgIpc) is 2.99. The Kier molecular flexibility index (Phi) is 3.35. The Labute approximate surface area is 137 Å². The van der Waals surface area contributed by atoms with Crippen molar-refractivity contribution in [2.75, 3.05) is 19.7 Å². The van der Waals surface area contributed by atoms with Crippen LogP contribution in [-0.2, 0) is 9.53 Å². The third-order valence-corrected chi connectivity index (χ3v) is 5.27. The van der Waals surface area contributed by atoms with Crippen LogP contribution >= 0.6 is 11.6 Å². The van der Waals surface area contributed by atoms with E-state index in [-0.39, 0.29) is 29.0 Å². The van der Waals surface area contributed by atoms with E-state index in [2.05, 4.69) is 0 Å². The van der Waals surface area contributed by atoms with E-state index in [1.54, 1.807) is 9.80 Å². The van der Waals surface area contributed by atoms with E-state index in [0.717, 1.165) is 12.5 Å². The summed E-state index contributed by atoms with van der Waals surface area (Å²) in [7, 11) is 0. The molecular weight excluding hydrogens is 323 g/mol. The number of carbonyl (C=O) groups excluding carboxylic acids is 2. The summed E-state index contributed by atoms with van der Waals surface area (Å²) in [5, 5.41) is 0.245. The number of benzene rings is 1. The molecule has 23 heavy (non-hydrogen) atoms. The molecule has 7 heteroatoms. The Morgan fingerprint density at radius 2 is 2.22 bits per heavy atom. The number of likely N-dealkylation sites (tertiary alicyclic amines) is 1. The molecule has 5 nitrogen and oxygen atoms in total. The second-order valence-corrected chi connectivity index (χ2v) is 6.62. The fourth-order valence-electron chi connectivity index (χ4n) is 4.01. The molecule has 3 heterocycles. The molecule has 1 aromatic carbocycles. The summed E-state index contributed by atoms with van der Waals surface area (Å²) in [4.78, 5) is 28.3. The third kappa shape index (κ3) is 2.08. The lowest BCUT2D eigenvalue weighted by molar-refractivity contribution is -0.179. The van der Waals surface area contributed by atoms with E-state index in [1.165, 1.54) is 12.1 Å². The quantitative estimate of drug-likeness (QED) is 0.787. The minimum absolute atomic E-state index is 0.00350. The summed E-state index contributed by atoms with van der Waals surface area (Å²) >= 11 is 5.74. The molecule has 2 atom stereocenters. The molecule has 0 aliphatic carbocycles. The largest absolute Gasteiger partial charge is 0.353 e. The molecule has 0 saturated carbocycles. The van der Waals surface area contributed by atoms with E-state index in [0.29, 0.717) is 26.1 Å². The zero-order valence-corrected chi connectivity index (χ0v) is 13.2. The molecule has 3 aliphatic rings. The van der Waals surface area contributed by atoms with Crippen molar-refractivity contribution in [2.24, 2.45) is 0 Å². The normalized spacial score (nSPS) is 29.7. The van der Waals surface area contributed by atoms with Crippen LogP contribution in [0.1, 0.15) is 29.6 Å². The minimum atomic E-state index is -0.714. The lowest BCUT2D eigenvalue weighted by Crippen LogP contribution is -2.56. The van der Waals surface area contributed by atoms with Gasteiger partial charge in [-0.25, -0.2) is 4.39 Å². The number of hydrogen-bond acceptors (Lipinski definition) is 3. The molecule has 3 fully saturated rings. The van der Waals surface area contributed by atoms with Gasteiger partial charge in [0.1, 0.15) is 5.82 Å². The zero-order valence-electron chi connectivity index (χ0n) is 12.4. The number of ether oxygens (including phenoxy) is 1. The van der Waals surface area contributed by atoms with Gasteiger partial charge in [0.15, 0.2) is 5.72 Å². The first-order chi connectivity index (χ1) is 11.0. The molecule has 3 aliphatic heterocycles. The second kappa shape index (κ2) is 5.18. The number of amides is 2. The molecule has 0 radical (unpaired) electrons. The monoisotopic (exact) mass is 338 g/mol. The first-order valence-electron chi connectivity index (χ1n) is 7.73. The number of nitrogens with zero attached hydrogens (tertiary/aromatic N) is 2. The fraction of sp³-hybridized carbons (Fsp3) is 0.500. The van der Waals surface area contributed by atoms with Crippen LogP contribution < -0.4 is 0 Å². The molecule has 3 saturated heterocycles. The number of halogens is 2. The van der Waals surface area contributed by atoms with Gasteiger partial charge in [-0.1, -0.05) is 11.6 Å². The van der Waals surface area contributed by atoms with Crippen molar-refractivity contribution in [3.8, 4) is 0 Å². The highest BCUT2D eigenvalue weighted by Gasteiger charge is 2.61. The summed E-state index contributed by atoms with van der Waals surface area (Å²) in [5.74, 6) is -1.05. The molecule has 0 unspecified atom stereocenters. The van der Waals surface area contributed by atoms with Gasteiger partial charge in [0.2, 0.25) is 5.91 Å². The molecule has 0 aromatic heterocycles. The van der Waals surface area contributed by atoms with E-state index < -0.39 is 17.4 Å². The SMILES string of the molecule is O=C(c1ccc(Cl)cc1F)N1CC[C@@]23OCCCN2C(=O)C[C@@H]13. The van der Waals surface area contributed by atoms with Gasteiger partial charge in [-0.2, -0.15) is 0 Å². The molecule has 122 valence electrons. The Balaban J connectivity index is 1.66. The van der Waals surface area contributed by atoms with Crippen molar-refractivity contribution in [3.05, 3.63) is 34.6 Å².